The molecule has 0 aliphatic rings. The van der Waals surface area contributed by atoms with Crippen molar-refractivity contribution in [2.24, 2.45) is 21.9 Å². The Hall–Kier alpha value is -1.98. The molecule has 3 nitrogen and oxygen atoms in total. The van der Waals surface area contributed by atoms with E-state index in [1.807, 2.05) is 19.1 Å². The first-order chi connectivity index (χ1) is 9.04. The van der Waals surface area contributed by atoms with Crippen molar-refractivity contribution in [3.63, 3.8) is 0 Å². The molecule has 110 valence electrons. The number of allylic oxidation sites excluding steroid dienone is 1. The van der Waals surface area contributed by atoms with Gasteiger partial charge in [0.15, 0.2) is 0 Å². The van der Waals surface area contributed by atoms with E-state index in [2.05, 4.69) is 4.99 Å². The molecule has 0 aliphatic carbocycles. The highest BCUT2D eigenvalue weighted by molar-refractivity contribution is 5.94. The molecule has 0 fully saturated rings. The van der Waals surface area contributed by atoms with Gasteiger partial charge >= 0.3 is 6.18 Å². The minimum atomic E-state index is -4.45. The smallest absolute Gasteiger partial charge is 0.399 e. The first kappa shape index (κ1) is 16.1. The van der Waals surface area contributed by atoms with Crippen LogP contribution in [0.15, 0.2) is 41.0 Å². The Morgan fingerprint density at radius 1 is 1.10 bits per heavy atom. The van der Waals surface area contributed by atoms with Gasteiger partial charge in [0.05, 0.1) is 11.1 Å². The van der Waals surface area contributed by atoms with Gasteiger partial charge < -0.3 is 11.5 Å². The molecule has 0 unspecified atom stereocenters. The molecule has 6 heteroatoms. The second-order valence-corrected chi connectivity index (χ2v) is 5.09. The van der Waals surface area contributed by atoms with Crippen LogP contribution in [0.4, 0.5) is 18.9 Å². The minimum absolute atomic E-state index is 0.0660. The van der Waals surface area contributed by atoms with Gasteiger partial charge in [-0.1, -0.05) is 17.7 Å². The zero-order valence-corrected chi connectivity index (χ0v) is 11.6. The number of hydrogen-bond acceptors (Lipinski definition) is 2. The molecule has 0 aliphatic heterocycles. The number of hydrogen-bond donors (Lipinski definition) is 2. The summed E-state index contributed by atoms with van der Waals surface area (Å²) in [4.78, 5) is 4.01. The third kappa shape index (κ3) is 3.76. The summed E-state index contributed by atoms with van der Waals surface area (Å²) in [5, 5.41) is 0. The number of halogens is 3. The van der Waals surface area contributed by atoms with Gasteiger partial charge in [0.1, 0.15) is 5.84 Å². The van der Waals surface area contributed by atoms with E-state index < -0.39 is 11.6 Å². The lowest BCUT2D eigenvalue weighted by Crippen LogP contribution is -2.37. The van der Waals surface area contributed by atoms with Crippen LogP contribution in [0.3, 0.4) is 0 Å². The Morgan fingerprint density at radius 2 is 1.60 bits per heavy atom. The van der Waals surface area contributed by atoms with Crippen molar-refractivity contribution in [2.75, 3.05) is 0 Å². The largest absolute Gasteiger partial charge is 0.401 e. The van der Waals surface area contributed by atoms with Crippen LogP contribution in [0, 0.1) is 12.3 Å². The van der Waals surface area contributed by atoms with Gasteiger partial charge in [-0.3, -0.25) is 0 Å². The molecule has 1 aromatic rings. The number of aryl methyl sites for hydroxylation is 1. The quantitative estimate of drug-likeness (QED) is 0.660. The number of rotatable bonds is 3. The Morgan fingerprint density at radius 3 is 2.05 bits per heavy atom. The number of alkyl halides is 3. The summed E-state index contributed by atoms with van der Waals surface area (Å²) < 4.78 is 38.4. The third-order valence-electron chi connectivity index (χ3n) is 3.03. The summed E-state index contributed by atoms with van der Waals surface area (Å²) in [5.41, 5.74) is 10.2. The Labute approximate surface area is 116 Å². The second-order valence-electron chi connectivity index (χ2n) is 5.09. The molecule has 0 amide bonds. The SMILES string of the molecule is Cc1ccc(N=C(N)C=C(N)C(C)(C)C(F)(F)F)cc1. The van der Waals surface area contributed by atoms with Crippen LogP contribution in [-0.2, 0) is 0 Å². The lowest BCUT2D eigenvalue weighted by Gasteiger charge is -2.28. The standard InChI is InChI=1S/C14H18F3N3/c1-9-4-6-10(7-5-9)20-12(19)8-11(18)13(2,3)14(15,16)17/h4-8H,18H2,1-3H3,(H2,19,20). The minimum Gasteiger partial charge on any atom is -0.401 e. The van der Waals surface area contributed by atoms with Crippen molar-refractivity contribution in [1.29, 1.82) is 0 Å². The van der Waals surface area contributed by atoms with Crippen LogP contribution in [0.2, 0.25) is 0 Å². The predicted molar refractivity (Wildman–Crippen MR) is 74.6 cm³/mol. The van der Waals surface area contributed by atoms with Crippen molar-refractivity contribution in [3.8, 4) is 0 Å². The zero-order valence-electron chi connectivity index (χ0n) is 11.6. The number of amidine groups is 1. The van der Waals surface area contributed by atoms with Crippen molar-refractivity contribution in [2.45, 2.75) is 26.9 Å². The number of benzene rings is 1. The van der Waals surface area contributed by atoms with E-state index in [0.717, 1.165) is 25.5 Å². The molecule has 0 spiro atoms. The van der Waals surface area contributed by atoms with Gasteiger partial charge in [-0.2, -0.15) is 13.2 Å². The van der Waals surface area contributed by atoms with E-state index in [0.29, 0.717) is 5.69 Å². The molecule has 1 rings (SSSR count). The van der Waals surface area contributed by atoms with E-state index in [4.69, 9.17) is 11.5 Å². The van der Waals surface area contributed by atoms with Crippen molar-refractivity contribution in [1.82, 2.24) is 0 Å². The van der Waals surface area contributed by atoms with Gasteiger partial charge in [0, 0.05) is 5.70 Å². The van der Waals surface area contributed by atoms with Gasteiger partial charge in [0.2, 0.25) is 0 Å². The Kier molecular flexibility index (Phi) is 4.47. The maximum absolute atomic E-state index is 12.8. The van der Waals surface area contributed by atoms with Crippen LogP contribution in [-0.4, -0.2) is 12.0 Å². The first-order valence-corrected chi connectivity index (χ1v) is 5.99. The van der Waals surface area contributed by atoms with E-state index in [1.54, 1.807) is 12.1 Å². The fourth-order valence-electron chi connectivity index (χ4n) is 1.30. The molecule has 0 radical (unpaired) electrons. The highest BCUT2D eigenvalue weighted by Gasteiger charge is 2.49. The van der Waals surface area contributed by atoms with Crippen molar-refractivity contribution in [3.05, 3.63) is 41.6 Å². The summed E-state index contributed by atoms with van der Waals surface area (Å²) in [5.74, 6) is -0.0660. The predicted octanol–water partition coefficient (Wildman–Crippen LogP) is 3.41. The molecule has 0 saturated heterocycles. The maximum Gasteiger partial charge on any atom is 0.399 e. The summed E-state index contributed by atoms with van der Waals surface area (Å²) in [6, 6.07) is 7.11. The molecule has 0 atom stereocenters. The average molecular weight is 285 g/mol. The van der Waals surface area contributed by atoms with Gasteiger partial charge in [0.25, 0.3) is 0 Å². The van der Waals surface area contributed by atoms with Crippen LogP contribution >= 0.6 is 0 Å². The van der Waals surface area contributed by atoms with E-state index in [-0.39, 0.29) is 11.5 Å². The third-order valence-corrected chi connectivity index (χ3v) is 3.03. The summed E-state index contributed by atoms with van der Waals surface area (Å²) in [6.45, 7) is 3.91. The number of nitrogens with zero attached hydrogens (tertiary/aromatic N) is 1. The maximum atomic E-state index is 12.8. The zero-order chi connectivity index (χ0) is 15.6. The van der Waals surface area contributed by atoms with Crippen LogP contribution in [0.1, 0.15) is 19.4 Å². The molecule has 1 aromatic carbocycles. The molecule has 20 heavy (non-hydrogen) atoms. The molecule has 0 aromatic heterocycles. The van der Waals surface area contributed by atoms with Crippen LogP contribution in [0.5, 0.6) is 0 Å². The number of aliphatic imine (C=N–C) groups is 1. The second kappa shape index (κ2) is 5.56. The molecular formula is C14H18F3N3. The molecule has 0 heterocycles. The normalized spacial score (nSPS) is 14.5. The lowest BCUT2D eigenvalue weighted by molar-refractivity contribution is -0.197. The van der Waals surface area contributed by atoms with Crippen molar-refractivity contribution < 1.29 is 13.2 Å². The van der Waals surface area contributed by atoms with E-state index >= 15 is 0 Å². The highest BCUT2D eigenvalue weighted by atomic mass is 19.4. The molecular weight excluding hydrogens is 267 g/mol. The molecule has 4 N–H and O–H groups in total. The van der Waals surface area contributed by atoms with Crippen LogP contribution < -0.4 is 11.5 Å². The Balaban J connectivity index is 3.01. The highest BCUT2D eigenvalue weighted by Crippen LogP contribution is 2.41. The monoisotopic (exact) mass is 285 g/mol. The summed E-state index contributed by atoms with van der Waals surface area (Å²) in [6.07, 6.45) is -3.40. The summed E-state index contributed by atoms with van der Waals surface area (Å²) >= 11 is 0. The van der Waals surface area contributed by atoms with Crippen LogP contribution in [0.25, 0.3) is 0 Å². The lowest BCUT2D eigenvalue weighted by atomic mass is 9.88. The van der Waals surface area contributed by atoms with E-state index in [1.165, 1.54) is 0 Å². The van der Waals surface area contributed by atoms with Gasteiger partial charge in [-0.05, 0) is 39.0 Å². The van der Waals surface area contributed by atoms with Gasteiger partial charge in [-0.15, -0.1) is 0 Å². The van der Waals surface area contributed by atoms with Crippen molar-refractivity contribution >= 4 is 11.5 Å². The average Bonchev–Trinajstić information content (AvgIpc) is 2.30. The first-order valence-electron chi connectivity index (χ1n) is 5.99. The van der Waals surface area contributed by atoms with E-state index in [9.17, 15) is 13.2 Å². The Bertz CT molecular complexity index is 526. The fourth-order valence-corrected chi connectivity index (χ4v) is 1.30. The number of nitrogens with two attached hydrogens (primary N) is 2. The fraction of sp³-hybridized carbons (Fsp3) is 0.357. The summed E-state index contributed by atoms with van der Waals surface area (Å²) in [7, 11) is 0. The topological polar surface area (TPSA) is 64.4 Å². The van der Waals surface area contributed by atoms with Gasteiger partial charge in [-0.25, -0.2) is 4.99 Å². The molecule has 0 bridgehead atoms. The molecule has 0 saturated carbocycles.